The predicted molar refractivity (Wildman–Crippen MR) is 411 cm³/mol. The Morgan fingerprint density at radius 2 is 1.19 bits per heavy atom. The highest BCUT2D eigenvalue weighted by molar-refractivity contribution is 8.76. The first-order valence-electron chi connectivity index (χ1n) is 37.1. The SMILES string of the molecule is CC[C@H](C)[C@@H]1NC(=O)[C@@H]2CCCN2C(=O)[C@@H]2CCCN2C(=O)[C@H]([C@@H](C)CC)NC(=O)[C@H](CO)NC(=O)[C@H](Cc2ccc(N=C(N)N)cc2)NC(=O)[C@H]([C@@H](C)O)NC(=O)[C@@H](NC(=O)[C@H](CCCN=C(N)N)NC(=O)CN)CSSC[C@@H](C(=O)N[C@@H](Cc2ccccc2)C(=O)N2CCC[C@H]2C(=O)N[C@@H](CC(=O)O)C(=O)O)NC1=O. The zero-order valence-corrected chi connectivity index (χ0v) is 64.8. The van der Waals surface area contributed by atoms with Crippen molar-refractivity contribution in [3.05, 3.63) is 65.7 Å². The fraction of sp³-hybridized carbons (Fsp3) is 0.592. The van der Waals surface area contributed by atoms with E-state index in [2.05, 4.69) is 63.2 Å². The third-order valence-corrected chi connectivity index (χ3v) is 22.1. The molecule has 0 saturated carbocycles. The molecule has 4 fully saturated rings. The second kappa shape index (κ2) is 44.0. The van der Waals surface area contributed by atoms with Gasteiger partial charge < -0.3 is 117 Å². The van der Waals surface area contributed by atoms with Gasteiger partial charge in [0.2, 0.25) is 76.8 Å². The van der Waals surface area contributed by atoms with Crippen molar-refractivity contribution in [1.82, 2.24) is 67.9 Å². The Labute approximate surface area is 655 Å². The summed E-state index contributed by atoms with van der Waals surface area (Å²) in [6.45, 7) is 6.23. The van der Waals surface area contributed by atoms with Gasteiger partial charge in [-0.25, -0.2) is 9.79 Å². The highest BCUT2D eigenvalue weighted by Crippen LogP contribution is 2.29. The number of carboxylic acids is 2. The van der Waals surface area contributed by atoms with Crippen LogP contribution in [0.15, 0.2) is 64.6 Å². The van der Waals surface area contributed by atoms with Gasteiger partial charge in [-0.3, -0.25) is 72.1 Å². The summed E-state index contributed by atoms with van der Waals surface area (Å²) in [7, 11) is 1.62. The summed E-state index contributed by atoms with van der Waals surface area (Å²) in [6, 6.07) is -6.17. The van der Waals surface area contributed by atoms with Crippen molar-refractivity contribution in [2.45, 2.75) is 203 Å². The highest BCUT2D eigenvalue weighted by Gasteiger charge is 2.47. The van der Waals surface area contributed by atoms with Gasteiger partial charge in [0.05, 0.1) is 31.4 Å². The topological polar surface area (TPSA) is 622 Å². The number of carbonyl (C=O) groups is 15. The molecule has 4 saturated heterocycles. The lowest BCUT2D eigenvalue weighted by atomic mass is 9.96. The number of fused-ring (bicyclic) bond motifs is 2. The number of nitrogens with one attached hydrogen (secondary N) is 10. The van der Waals surface area contributed by atoms with E-state index in [-0.39, 0.29) is 102 Å². The Bertz CT molecular complexity index is 3740. The van der Waals surface area contributed by atoms with Gasteiger partial charge in [0, 0.05) is 50.5 Å². The Hall–Kier alpha value is -10.4. The van der Waals surface area contributed by atoms with Gasteiger partial charge in [-0.2, -0.15) is 0 Å². The summed E-state index contributed by atoms with van der Waals surface area (Å²) in [5, 5.41) is 67.1. The van der Waals surface area contributed by atoms with Crippen LogP contribution in [0.4, 0.5) is 5.69 Å². The van der Waals surface area contributed by atoms with Gasteiger partial charge in [0.1, 0.15) is 78.5 Å². The minimum atomic E-state index is -2.00. The van der Waals surface area contributed by atoms with E-state index in [1.807, 2.05) is 0 Å². The largest absolute Gasteiger partial charge is 0.481 e. The molecule has 4 aliphatic heterocycles. The molecule has 2 aromatic rings. The molecule has 0 aromatic heterocycles. The first-order chi connectivity index (χ1) is 53.2. The molecule has 0 bridgehead atoms. The summed E-state index contributed by atoms with van der Waals surface area (Å²) in [4.78, 5) is 226. The van der Waals surface area contributed by atoms with Gasteiger partial charge in [-0.15, -0.1) is 0 Å². The smallest absolute Gasteiger partial charge is 0.326 e. The molecule has 0 unspecified atom stereocenters. The van der Waals surface area contributed by atoms with Crippen molar-refractivity contribution in [1.29, 1.82) is 0 Å². The predicted octanol–water partition coefficient (Wildman–Crippen LogP) is -5.37. The van der Waals surface area contributed by atoms with Crippen molar-refractivity contribution in [2.24, 2.45) is 50.5 Å². The second-order valence-electron chi connectivity index (χ2n) is 28.0. The van der Waals surface area contributed by atoms with Crippen LogP contribution >= 0.6 is 21.6 Å². The van der Waals surface area contributed by atoms with Gasteiger partial charge >= 0.3 is 11.9 Å². The van der Waals surface area contributed by atoms with Crippen LogP contribution in [-0.2, 0) is 84.8 Å². The molecule has 13 amide bonds. The van der Waals surface area contributed by atoms with Crippen LogP contribution in [0.2, 0.25) is 0 Å². The Balaban J connectivity index is 1.48. The van der Waals surface area contributed by atoms with Crippen LogP contribution in [-0.4, -0.2) is 271 Å². The molecule has 0 radical (unpaired) electrons. The number of guanidine groups is 2. The molecule has 2 aromatic carbocycles. The van der Waals surface area contributed by atoms with E-state index in [9.17, 15) is 73.2 Å². The maximum Gasteiger partial charge on any atom is 0.326 e. The number of nitrogens with two attached hydrogens (primary N) is 5. The quantitative estimate of drug-likeness (QED) is 0.0172. The Kier molecular flexibility index (Phi) is 35.6. The molecule has 24 N–H and O–H groups in total. The van der Waals surface area contributed by atoms with E-state index in [0.717, 1.165) is 33.4 Å². The molecule has 16 atom stereocenters. The van der Waals surface area contributed by atoms with E-state index in [4.69, 9.17) is 28.7 Å². The van der Waals surface area contributed by atoms with Crippen LogP contribution in [0.5, 0.6) is 0 Å². The first-order valence-corrected chi connectivity index (χ1v) is 39.6. The summed E-state index contributed by atoms with van der Waals surface area (Å²) < 4.78 is 0. The summed E-state index contributed by atoms with van der Waals surface area (Å²) in [5.74, 6) is -18.3. The zero-order chi connectivity index (χ0) is 82.6. The van der Waals surface area contributed by atoms with Crippen LogP contribution < -0.4 is 81.8 Å². The number of aliphatic hydroxyl groups excluding tert-OH is 2. The van der Waals surface area contributed by atoms with Crippen LogP contribution in [0.3, 0.4) is 0 Å². The number of carboxylic acid groups (broad SMARTS) is 2. The molecule has 112 heavy (non-hydrogen) atoms. The van der Waals surface area contributed by atoms with E-state index >= 15 is 19.2 Å². The molecule has 39 nitrogen and oxygen atoms in total. The molecular formula is C71H106N20O19S2. The Morgan fingerprint density at radius 3 is 1.79 bits per heavy atom. The maximum absolute atomic E-state index is 15.4. The average molecular weight is 1610 g/mol. The van der Waals surface area contributed by atoms with Crippen molar-refractivity contribution in [3.63, 3.8) is 0 Å². The van der Waals surface area contributed by atoms with E-state index in [0.29, 0.717) is 24.0 Å². The third-order valence-electron chi connectivity index (χ3n) is 19.7. The molecule has 0 aliphatic carbocycles. The van der Waals surface area contributed by atoms with Crippen molar-refractivity contribution in [3.8, 4) is 0 Å². The average Bonchev–Trinajstić information content (AvgIpc) is 1.63. The van der Waals surface area contributed by atoms with E-state index < -0.39 is 223 Å². The lowest BCUT2D eigenvalue weighted by Crippen LogP contribution is -2.63. The monoisotopic (exact) mass is 1610 g/mol. The molecule has 4 heterocycles. The number of likely N-dealkylation sites (tertiary alicyclic amines) is 1. The number of aliphatic hydroxyl groups is 2. The number of aliphatic imine (C=N–C) groups is 2. The number of nitrogens with zero attached hydrogens (tertiary/aromatic N) is 5. The lowest BCUT2D eigenvalue weighted by molar-refractivity contribution is -0.149. The minimum absolute atomic E-state index is 0.00358. The van der Waals surface area contributed by atoms with Crippen LogP contribution in [0, 0.1) is 11.8 Å². The second-order valence-corrected chi connectivity index (χ2v) is 30.5. The van der Waals surface area contributed by atoms with Crippen molar-refractivity contribution in [2.75, 3.05) is 50.8 Å². The van der Waals surface area contributed by atoms with Gasteiger partial charge in [-0.05, 0) is 93.4 Å². The molecular weight excluding hydrogens is 1500 g/mol. The summed E-state index contributed by atoms with van der Waals surface area (Å²) in [5.41, 5.74) is 29.0. The molecule has 41 heteroatoms. The summed E-state index contributed by atoms with van der Waals surface area (Å²) in [6.07, 6.45) is -1.87. The van der Waals surface area contributed by atoms with Gasteiger partial charge in [0.25, 0.3) is 0 Å². The number of rotatable bonds is 27. The van der Waals surface area contributed by atoms with Gasteiger partial charge in [0.15, 0.2) is 11.9 Å². The standard InChI is InChI=1S/C71H106N20O19S2/c1-6-36(3)54-64(104)85-47(60(100)81-44(30-39-15-9-8-10-16-39)66(106)89-26-12-18-49(89)62(102)82-45(69(109)110)31-53(95)96)34-111-112-35-48(84-57(97)42(79-52(94)32-72)17-11-25-77-70(73)74)61(101)88-56(38(5)93)65(105)80-43(29-40-21-23-41(24-22-40)78-71(75)76)58(98)83-46(33-92)59(99)87-55(37(4)7-2)68(108)91-28-14-20-51(91)67(107)90-27-13-19-50(90)63(103)86-54/h8-10,15-16,21-24,36-38,42-51,54-56,92-93H,6-7,11-14,17-20,25-35,72H2,1-5H3,(H,79,94)(H,80,105)(H,81,100)(H,82,102)(H,83,98)(H,84,97)(H,85,104)(H,86,103)(H,87,99)(H,88,101)(H,95,96)(H,109,110)(H4,73,74,77)(H4,75,76,78)/t36-,37-,38+,42-,43-,44-,45-,46-,47-,48-,49-,50-,51-,54-,55-,56-/m0/s1. The fourth-order valence-corrected chi connectivity index (χ4v) is 15.5. The van der Waals surface area contributed by atoms with Crippen LogP contribution in [0.25, 0.3) is 0 Å². The highest BCUT2D eigenvalue weighted by atomic mass is 33.1. The lowest BCUT2D eigenvalue weighted by Gasteiger charge is -2.35. The Morgan fingerprint density at radius 1 is 0.607 bits per heavy atom. The number of aliphatic carboxylic acids is 2. The maximum atomic E-state index is 15.4. The molecule has 4 aliphatic rings. The molecule has 6 rings (SSSR count). The third kappa shape index (κ3) is 26.4. The van der Waals surface area contributed by atoms with Crippen molar-refractivity contribution >= 4 is 128 Å². The van der Waals surface area contributed by atoms with Crippen LogP contribution in [0.1, 0.15) is 116 Å². The summed E-state index contributed by atoms with van der Waals surface area (Å²) >= 11 is 0. The number of hydrogen-bond acceptors (Lipinski definition) is 22. The molecule has 0 spiro atoms. The normalized spacial score (nSPS) is 24.4. The van der Waals surface area contributed by atoms with E-state index in [1.165, 1.54) is 34.1 Å². The van der Waals surface area contributed by atoms with E-state index in [1.54, 1.807) is 58.0 Å². The zero-order valence-electron chi connectivity index (χ0n) is 63.1. The van der Waals surface area contributed by atoms with Gasteiger partial charge in [-0.1, -0.05) is 105 Å². The number of carbonyl (C=O) groups excluding carboxylic acids is 13. The first kappa shape index (κ1) is 90.5. The fourth-order valence-electron chi connectivity index (χ4n) is 13.2. The molecule has 616 valence electrons. The number of amides is 13. The number of hydrogen-bond donors (Lipinski definition) is 19. The minimum Gasteiger partial charge on any atom is -0.481 e. The number of benzene rings is 2. The van der Waals surface area contributed by atoms with Crippen molar-refractivity contribution < 1.29 is 92.3 Å².